The van der Waals surface area contributed by atoms with Gasteiger partial charge in [-0.05, 0) is 12.1 Å². The fourth-order valence-corrected chi connectivity index (χ4v) is 1.42. The molecule has 2 heterocycles. The van der Waals surface area contributed by atoms with E-state index in [9.17, 15) is 4.79 Å². The number of carboxylic acid groups (broad SMARTS) is 1. The summed E-state index contributed by atoms with van der Waals surface area (Å²) in [4.78, 5) is 23.0. The van der Waals surface area contributed by atoms with Gasteiger partial charge in [-0.1, -0.05) is 0 Å². The molecule has 0 saturated carbocycles. The molecule has 0 aliphatic heterocycles. The summed E-state index contributed by atoms with van der Waals surface area (Å²) in [5, 5.41) is 11.8. The fraction of sp³-hybridized carbons (Fsp3) is 0.167. The molecule has 0 aliphatic carbocycles. The van der Waals surface area contributed by atoms with Crippen LogP contribution < -0.4 is 10.1 Å². The van der Waals surface area contributed by atoms with Crippen molar-refractivity contribution in [1.29, 1.82) is 0 Å². The number of hydrogen-bond donors (Lipinski definition) is 2. The van der Waals surface area contributed by atoms with Gasteiger partial charge in [-0.15, -0.1) is 0 Å². The van der Waals surface area contributed by atoms with E-state index in [0.29, 0.717) is 24.1 Å². The molecule has 0 unspecified atom stereocenters. The molecule has 0 atom stereocenters. The van der Waals surface area contributed by atoms with Crippen LogP contribution in [-0.2, 0) is 6.54 Å². The monoisotopic (exact) mass is 260 g/mol. The smallest absolute Gasteiger partial charge is 0.335 e. The summed E-state index contributed by atoms with van der Waals surface area (Å²) in [6.45, 7) is 0.328. The van der Waals surface area contributed by atoms with Crippen molar-refractivity contribution in [3.8, 4) is 5.88 Å². The van der Waals surface area contributed by atoms with Gasteiger partial charge in [-0.3, -0.25) is 4.98 Å². The van der Waals surface area contributed by atoms with E-state index in [0.717, 1.165) is 0 Å². The summed E-state index contributed by atoms with van der Waals surface area (Å²) in [6, 6.07) is 4.57. The highest BCUT2D eigenvalue weighted by molar-refractivity contribution is 5.87. The van der Waals surface area contributed by atoms with E-state index in [1.54, 1.807) is 12.3 Å². The minimum atomic E-state index is -0.985. The van der Waals surface area contributed by atoms with E-state index in [1.807, 2.05) is 0 Å². The number of pyridine rings is 1. The first-order valence-electron chi connectivity index (χ1n) is 5.48. The van der Waals surface area contributed by atoms with Crippen molar-refractivity contribution < 1.29 is 14.6 Å². The van der Waals surface area contributed by atoms with E-state index >= 15 is 0 Å². The minimum Gasteiger partial charge on any atom is -0.481 e. The van der Waals surface area contributed by atoms with Gasteiger partial charge in [0.15, 0.2) is 0 Å². The van der Waals surface area contributed by atoms with Gasteiger partial charge >= 0.3 is 5.97 Å². The highest BCUT2D eigenvalue weighted by Gasteiger charge is 2.05. The minimum absolute atomic E-state index is 0.193. The summed E-state index contributed by atoms with van der Waals surface area (Å²) in [5.74, 6) is -0.145. The number of rotatable bonds is 5. The molecule has 0 aromatic carbocycles. The first-order chi connectivity index (χ1) is 9.19. The molecule has 2 aromatic heterocycles. The number of carbonyl (C=O) groups is 1. The number of nitrogens with one attached hydrogen (secondary N) is 1. The predicted molar refractivity (Wildman–Crippen MR) is 67.1 cm³/mol. The van der Waals surface area contributed by atoms with E-state index < -0.39 is 5.97 Å². The van der Waals surface area contributed by atoms with Gasteiger partial charge in [0.05, 0.1) is 24.9 Å². The van der Waals surface area contributed by atoms with Crippen LogP contribution in [0.1, 0.15) is 16.1 Å². The lowest BCUT2D eigenvalue weighted by Gasteiger charge is -2.05. The van der Waals surface area contributed by atoms with Gasteiger partial charge in [-0.2, -0.15) is 4.98 Å². The first-order valence-corrected chi connectivity index (χ1v) is 5.48. The third-order valence-corrected chi connectivity index (χ3v) is 2.33. The Labute approximate surface area is 109 Å². The average Bonchev–Trinajstić information content (AvgIpc) is 2.45. The van der Waals surface area contributed by atoms with Crippen LogP contribution in [0.2, 0.25) is 0 Å². The van der Waals surface area contributed by atoms with Crippen LogP contribution >= 0.6 is 0 Å². The molecule has 0 spiro atoms. The summed E-state index contributed by atoms with van der Waals surface area (Å²) >= 11 is 0. The van der Waals surface area contributed by atoms with E-state index in [2.05, 4.69) is 20.3 Å². The maximum Gasteiger partial charge on any atom is 0.335 e. The van der Waals surface area contributed by atoms with Crippen LogP contribution in [0.15, 0.2) is 30.6 Å². The van der Waals surface area contributed by atoms with Gasteiger partial charge < -0.3 is 15.2 Å². The second-order valence-corrected chi connectivity index (χ2v) is 3.62. The Morgan fingerprint density at radius 1 is 1.37 bits per heavy atom. The second-order valence-electron chi connectivity index (χ2n) is 3.62. The van der Waals surface area contributed by atoms with Crippen LogP contribution in [0.5, 0.6) is 5.88 Å². The van der Waals surface area contributed by atoms with Crippen molar-refractivity contribution in [2.24, 2.45) is 0 Å². The molecule has 0 saturated heterocycles. The predicted octanol–water partition coefficient (Wildman–Crippen LogP) is 1.19. The van der Waals surface area contributed by atoms with Crippen molar-refractivity contribution in [1.82, 2.24) is 15.0 Å². The van der Waals surface area contributed by atoms with Crippen molar-refractivity contribution in [2.45, 2.75) is 6.54 Å². The molecule has 2 rings (SSSR count). The Balaban J connectivity index is 2.05. The fourth-order valence-electron chi connectivity index (χ4n) is 1.42. The second kappa shape index (κ2) is 5.76. The Morgan fingerprint density at radius 3 is 2.89 bits per heavy atom. The quantitative estimate of drug-likeness (QED) is 0.833. The normalized spacial score (nSPS) is 9.95. The number of carboxylic acids is 1. The zero-order chi connectivity index (χ0) is 13.7. The maximum atomic E-state index is 10.8. The molecule has 0 fully saturated rings. The van der Waals surface area contributed by atoms with Crippen molar-refractivity contribution in [3.05, 3.63) is 41.9 Å². The first kappa shape index (κ1) is 12.7. The number of methoxy groups -OCH3 is 1. The summed E-state index contributed by atoms with van der Waals surface area (Å²) in [5.41, 5.74) is 0.782. The molecule has 0 aliphatic rings. The van der Waals surface area contributed by atoms with Gasteiger partial charge in [0.25, 0.3) is 0 Å². The Kier molecular flexibility index (Phi) is 3.87. The number of nitrogens with zero attached hydrogens (tertiary/aromatic N) is 3. The topological polar surface area (TPSA) is 97.2 Å². The maximum absolute atomic E-state index is 10.8. The lowest BCUT2D eigenvalue weighted by molar-refractivity contribution is 0.0696. The molecule has 7 heteroatoms. The summed E-state index contributed by atoms with van der Waals surface area (Å²) < 4.78 is 4.97. The van der Waals surface area contributed by atoms with Crippen LogP contribution in [0, 0.1) is 0 Å². The zero-order valence-electron chi connectivity index (χ0n) is 10.2. The van der Waals surface area contributed by atoms with Gasteiger partial charge in [0.1, 0.15) is 0 Å². The van der Waals surface area contributed by atoms with E-state index in [4.69, 9.17) is 9.84 Å². The lowest BCUT2D eigenvalue weighted by atomic mass is 10.2. The third kappa shape index (κ3) is 3.38. The number of aromatic nitrogens is 3. The molecular weight excluding hydrogens is 248 g/mol. The van der Waals surface area contributed by atoms with Crippen LogP contribution in [0.3, 0.4) is 0 Å². The zero-order valence-corrected chi connectivity index (χ0v) is 10.2. The molecule has 19 heavy (non-hydrogen) atoms. The Bertz CT molecular complexity index is 589. The SMILES string of the molecule is COc1ccnc(NCc2cc(C(=O)O)ccn2)n1. The van der Waals surface area contributed by atoms with E-state index in [1.165, 1.54) is 25.4 Å². The Morgan fingerprint density at radius 2 is 2.16 bits per heavy atom. The third-order valence-electron chi connectivity index (χ3n) is 2.33. The number of ether oxygens (including phenoxy) is 1. The Hall–Kier alpha value is -2.70. The molecule has 0 radical (unpaired) electrons. The molecule has 7 nitrogen and oxygen atoms in total. The summed E-state index contributed by atoms with van der Waals surface area (Å²) in [6.07, 6.45) is 3.02. The molecule has 0 bridgehead atoms. The van der Waals surface area contributed by atoms with Gasteiger partial charge in [-0.25, -0.2) is 9.78 Å². The standard InChI is InChI=1S/C12H12N4O3/c1-19-10-3-5-14-12(16-10)15-7-9-6-8(11(17)18)2-4-13-9/h2-6H,7H2,1H3,(H,17,18)(H,14,15,16). The number of anilines is 1. The van der Waals surface area contributed by atoms with Crippen LogP contribution in [-0.4, -0.2) is 33.1 Å². The molecule has 0 amide bonds. The van der Waals surface area contributed by atoms with Gasteiger partial charge in [0.2, 0.25) is 11.8 Å². The van der Waals surface area contributed by atoms with Crippen molar-refractivity contribution in [3.63, 3.8) is 0 Å². The van der Waals surface area contributed by atoms with Crippen LogP contribution in [0.25, 0.3) is 0 Å². The van der Waals surface area contributed by atoms with Crippen LogP contribution in [0.4, 0.5) is 5.95 Å². The highest BCUT2D eigenvalue weighted by Crippen LogP contribution is 2.09. The number of hydrogen-bond acceptors (Lipinski definition) is 6. The molecule has 98 valence electrons. The van der Waals surface area contributed by atoms with Gasteiger partial charge in [0, 0.05) is 18.5 Å². The van der Waals surface area contributed by atoms with Crippen molar-refractivity contribution >= 4 is 11.9 Å². The average molecular weight is 260 g/mol. The largest absolute Gasteiger partial charge is 0.481 e. The number of aromatic carboxylic acids is 1. The molecular formula is C12H12N4O3. The van der Waals surface area contributed by atoms with Crippen molar-refractivity contribution in [2.75, 3.05) is 12.4 Å². The summed E-state index contributed by atoms with van der Waals surface area (Å²) in [7, 11) is 1.52. The van der Waals surface area contributed by atoms with E-state index in [-0.39, 0.29) is 5.56 Å². The molecule has 2 N–H and O–H groups in total. The molecule has 2 aromatic rings. The lowest BCUT2D eigenvalue weighted by Crippen LogP contribution is -2.07. The highest BCUT2D eigenvalue weighted by atomic mass is 16.5.